The Morgan fingerprint density at radius 3 is 2.69 bits per heavy atom. The van der Waals surface area contributed by atoms with Gasteiger partial charge in [0.05, 0.1) is 25.3 Å². The van der Waals surface area contributed by atoms with E-state index in [0.29, 0.717) is 24.2 Å². The number of anilines is 1. The van der Waals surface area contributed by atoms with Gasteiger partial charge in [-0.05, 0) is 47.4 Å². The topological polar surface area (TPSA) is 101 Å². The van der Waals surface area contributed by atoms with E-state index in [1.165, 1.54) is 11.4 Å². The Morgan fingerprint density at radius 2 is 1.94 bits per heavy atom. The minimum absolute atomic E-state index is 0.0672. The minimum atomic E-state index is -3.74. The summed E-state index contributed by atoms with van der Waals surface area (Å²) in [6, 6.07) is 11.6. The van der Waals surface area contributed by atoms with E-state index in [2.05, 4.69) is 0 Å². The van der Waals surface area contributed by atoms with Crippen molar-refractivity contribution in [3.63, 3.8) is 0 Å². The molecule has 0 aliphatic carbocycles. The van der Waals surface area contributed by atoms with Crippen LogP contribution in [0.3, 0.4) is 0 Å². The SMILES string of the molecule is COC(=O)CCN1C(=O)c2cccc3c(CC(=O)C4CCCCN4S(=O)(=O)c4cccs4)ccc1c23. The van der Waals surface area contributed by atoms with Gasteiger partial charge in [0.2, 0.25) is 0 Å². The summed E-state index contributed by atoms with van der Waals surface area (Å²) in [6.07, 6.45) is 2.15. The molecule has 1 amide bonds. The van der Waals surface area contributed by atoms with Crippen molar-refractivity contribution in [2.45, 2.75) is 42.4 Å². The van der Waals surface area contributed by atoms with Gasteiger partial charge in [-0.3, -0.25) is 14.4 Å². The number of ether oxygens (including phenoxy) is 1. The zero-order chi connectivity index (χ0) is 25.4. The second kappa shape index (κ2) is 9.76. The van der Waals surface area contributed by atoms with E-state index in [-0.39, 0.29) is 35.3 Å². The lowest BCUT2D eigenvalue weighted by Gasteiger charge is -2.33. The first kappa shape index (κ1) is 24.6. The van der Waals surface area contributed by atoms with Crippen LogP contribution in [0.15, 0.2) is 52.1 Å². The van der Waals surface area contributed by atoms with Crippen LogP contribution in [-0.2, 0) is 30.8 Å². The van der Waals surface area contributed by atoms with E-state index in [0.717, 1.165) is 40.5 Å². The molecule has 5 rings (SSSR count). The molecule has 1 aromatic heterocycles. The minimum Gasteiger partial charge on any atom is -0.469 e. The number of thiophene rings is 1. The van der Waals surface area contributed by atoms with Crippen LogP contribution in [-0.4, -0.2) is 56.6 Å². The number of esters is 1. The van der Waals surface area contributed by atoms with Crippen molar-refractivity contribution in [3.8, 4) is 0 Å². The highest BCUT2D eigenvalue weighted by molar-refractivity contribution is 7.91. The molecule has 0 spiro atoms. The standard InChI is InChI=1S/C26H26N2O6S2/c1-34-23(30)12-14-27-21-11-10-17(18-6-4-7-19(25(18)21)26(27)31)16-22(29)20-8-2-3-13-28(20)36(32,33)24-9-5-15-35-24/h4-7,9-11,15,20H,2-3,8,12-14,16H2,1H3. The van der Waals surface area contributed by atoms with Gasteiger partial charge < -0.3 is 9.64 Å². The summed E-state index contributed by atoms with van der Waals surface area (Å²) in [6.45, 7) is 0.523. The van der Waals surface area contributed by atoms with Crippen LogP contribution >= 0.6 is 11.3 Å². The second-order valence-electron chi connectivity index (χ2n) is 8.96. The number of hydrogen-bond donors (Lipinski definition) is 0. The number of amides is 1. The summed E-state index contributed by atoms with van der Waals surface area (Å²) in [4.78, 5) is 39.8. The van der Waals surface area contributed by atoms with Crippen molar-refractivity contribution >= 4 is 55.5 Å². The largest absolute Gasteiger partial charge is 0.469 e. The van der Waals surface area contributed by atoms with E-state index >= 15 is 0 Å². The highest BCUT2D eigenvalue weighted by atomic mass is 32.2. The molecule has 0 saturated carbocycles. The maximum atomic E-state index is 13.5. The van der Waals surface area contributed by atoms with Gasteiger partial charge in [-0.2, -0.15) is 4.31 Å². The van der Waals surface area contributed by atoms with Gasteiger partial charge in [-0.25, -0.2) is 8.42 Å². The monoisotopic (exact) mass is 526 g/mol. The Balaban J connectivity index is 1.44. The normalized spacial score (nSPS) is 18.1. The number of carbonyl (C=O) groups is 3. The highest BCUT2D eigenvalue weighted by Gasteiger charge is 2.38. The Labute approximate surface area is 213 Å². The molecule has 0 radical (unpaired) electrons. The summed E-state index contributed by atoms with van der Waals surface area (Å²) < 4.78 is 32.8. The number of carbonyl (C=O) groups excluding carboxylic acids is 3. The summed E-state index contributed by atoms with van der Waals surface area (Å²) in [5, 5.41) is 3.26. The average Bonchev–Trinajstić information content (AvgIpc) is 3.53. The summed E-state index contributed by atoms with van der Waals surface area (Å²) in [7, 11) is -2.43. The number of benzene rings is 2. The Kier molecular flexibility index (Phi) is 6.67. The van der Waals surface area contributed by atoms with Crippen LogP contribution in [0.4, 0.5) is 5.69 Å². The third-order valence-electron chi connectivity index (χ3n) is 6.89. The fourth-order valence-corrected chi connectivity index (χ4v) is 7.93. The van der Waals surface area contributed by atoms with Crippen LogP contribution in [0.2, 0.25) is 0 Å². The molecule has 1 fully saturated rings. The fraction of sp³-hybridized carbons (Fsp3) is 0.346. The molecule has 2 aliphatic rings. The summed E-state index contributed by atoms with van der Waals surface area (Å²) in [5.41, 5.74) is 1.98. The number of nitrogens with zero attached hydrogens (tertiary/aromatic N) is 2. The van der Waals surface area contributed by atoms with Crippen LogP contribution in [0.5, 0.6) is 0 Å². The maximum absolute atomic E-state index is 13.5. The number of methoxy groups -OCH3 is 1. The second-order valence-corrected chi connectivity index (χ2v) is 12.0. The first-order valence-electron chi connectivity index (χ1n) is 11.8. The molecular formula is C26H26N2O6S2. The molecule has 188 valence electrons. The molecule has 1 atom stereocenters. The van der Waals surface area contributed by atoms with E-state index in [1.54, 1.807) is 40.6 Å². The van der Waals surface area contributed by atoms with Crippen LogP contribution in [0.25, 0.3) is 10.8 Å². The lowest BCUT2D eigenvalue weighted by molar-refractivity contribution is -0.140. The van der Waals surface area contributed by atoms with Crippen molar-refractivity contribution in [1.82, 2.24) is 4.31 Å². The predicted molar refractivity (Wildman–Crippen MR) is 137 cm³/mol. The Morgan fingerprint density at radius 1 is 1.11 bits per heavy atom. The van der Waals surface area contributed by atoms with E-state index in [1.807, 2.05) is 12.1 Å². The molecule has 2 aromatic carbocycles. The van der Waals surface area contributed by atoms with Crippen LogP contribution < -0.4 is 4.90 Å². The molecule has 8 nitrogen and oxygen atoms in total. The third-order valence-corrected chi connectivity index (χ3v) is 10.2. The first-order valence-corrected chi connectivity index (χ1v) is 14.2. The molecule has 10 heteroatoms. The molecule has 1 saturated heterocycles. The van der Waals surface area contributed by atoms with Crippen molar-refractivity contribution in [2.24, 2.45) is 0 Å². The predicted octanol–water partition coefficient (Wildman–Crippen LogP) is 3.78. The molecule has 0 N–H and O–H groups in total. The van der Waals surface area contributed by atoms with Gasteiger partial charge in [0, 0.05) is 30.5 Å². The smallest absolute Gasteiger partial charge is 0.307 e. The lowest BCUT2D eigenvalue weighted by Crippen LogP contribution is -2.48. The third kappa shape index (κ3) is 4.23. The lowest BCUT2D eigenvalue weighted by atomic mass is 9.93. The maximum Gasteiger partial charge on any atom is 0.307 e. The molecule has 2 aliphatic heterocycles. The van der Waals surface area contributed by atoms with E-state index in [4.69, 9.17) is 4.74 Å². The zero-order valence-corrected chi connectivity index (χ0v) is 21.4. The van der Waals surface area contributed by atoms with Gasteiger partial charge >= 0.3 is 5.97 Å². The van der Waals surface area contributed by atoms with E-state index < -0.39 is 22.0 Å². The molecule has 3 heterocycles. The summed E-state index contributed by atoms with van der Waals surface area (Å²) in [5.74, 6) is -0.738. The van der Waals surface area contributed by atoms with Gasteiger partial charge in [0.15, 0.2) is 5.78 Å². The molecule has 3 aromatic rings. The highest BCUT2D eigenvalue weighted by Crippen LogP contribution is 2.39. The van der Waals surface area contributed by atoms with Gasteiger partial charge in [0.1, 0.15) is 4.21 Å². The number of piperidine rings is 1. The number of ketones is 1. The van der Waals surface area contributed by atoms with E-state index in [9.17, 15) is 22.8 Å². The van der Waals surface area contributed by atoms with Crippen molar-refractivity contribution in [1.29, 1.82) is 0 Å². The van der Waals surface area contributed by atoms with Crippen molar-refractivity contribution in [3.05, 3.63) is 59.0 Å². The fourth-order valence-electron chi connectivity index (χ4n) is 5.13. The quantitative estimate of drug-likeness (QED) is 0.414. The number of rotatable bonds is 8. The van der Waals surface area contributed by atoms with Gasteiger partial charge in [-0.1, -0.05) is 30.7 Å². The van der Waals surface area contributed by atoms with Crippen molar-refractivity contribution in [2.75, 3.05) is 25.1 Å². The summed E-state index contributed by atoms with van der Waals surface area (Å²) >= 11 is 1.15. The molecule has 1 unspecified atom stereocenters. The number of sulfonamides is 1. The zero-order valence-electron chi connectivity index (χ0n) is 19.8. The first-order chi connectivity index (χ1) is 17.3. The Bertz CT molecular complexity index is 1450. The number of Topliss-reactive ketones (excluding diaryl/α,β-unsaturated/α-hetero) is 1. The average molecular weight is 527 g/mol. The van der Waals surface area contributed by atoms with Crippen LogP contribution in [0.1, 0.15) is 41.6 Å². The van der Waals surface area contributed by atoms with Crippen molar-refractivity contribution < 1.29 is 27.5 Å². The van der Waals surface area contributed by atoms with Gasteiger partial charge in [-0.15, -0.1) is 11.3 Å². The van der Waals surface area contributed by atoms with Gasteiger partial charge in [0.25, 0.3) is 15.9 Å². The Hall–Kier alpha value is -3.08. The molecule has 36 heavy (non-hydrogen) atoms. The van der Waals surface area contributed by atoms with Crippen LogP contribution in [0, 0.1) is 0 Å². The number of hydrogen-bond acceptors (Lipinski definition) is 7. The molecule has 0 bridgehead atoms. The molecular weight excluding hydrogens is 500 g/mol.